The molecule has 0 aliphatic carbocycles. The van der Waals surface area contributed by atoms with Crippen molar-refractivity contribution < 1.29 is 27.1 Å². The summed E-state index contributed by atoms with van der Waals surface area (Å²) < 4.78 is 43.9. The minimum Gasteiger partial charge on any atom is -0.463 e. The van der Waals surface area contributed by atoms with Crippen LogP contribution < -0.4 is 10.6 Å². The van der Waals surface area contributed by atoms with E-state index in [-0.39, 0.29) is 22.8 Å². The molecule has 2 N–H and O–H groups in total. The SMILES string of the molecule is CCOC(=O)C1=C(CS(=O)(=O)c2ccc(F)cc2)NC(=O)N[C@H]1c1ccc(Cl)cc1. The van der Waals surface area contributed by atoms with Gasteiger partial charge in [-0.2, -0.15) is 0 Å². The molecule has 0 spiro atoms. The maximum Gasteiger partial charge on any atom is 0.338 e. The molecule has 2 amide bonds. The molecule has 0 unspecified atom stereocenters. The molecular weight excluding hydrogens is 435 g/mol. The lowest BCUT2D eigenvalue weighted by Gasteiger charge is -2.29. The van der Waals surface area contributed by atoms with Crippen molar-refractivity contribution in [3.63, 3.8) is 0 Å². The highest BCUT2D eigenvalue weighted by atomic mass is 35.5. The first-order chi connectivity index (χ1) is 14.2. The highest BCUT2D eigenvalue weighted by molar-refractivity contribution is 7.91. The minimum absolute atomic E-state index is 0.0375. The summed E-state index contributed by atoms with van der Waals surface area (Å²) in [6.45, 7) is 1.67. The number of sulfone groups is 1. The number of hydrogen-bond acceptors (Lipinski definition) is 5. The molecule has 1 atom stereocenters. The van der Waals surface area contributed by atoms with Gasteiger partial charge < -0.3 is 15.4 Å². The van der Waals surface area contributed by atoms with Crippen LogP contribution in [-0.2, 0) is 19.4 Å². The average molecular weight is 453 g/mol. The lowest BCUT2D eigenvalue weighted by molar-refractivity contribution is -0.139. The Kier molecular flexibility index (Phi) is 6.42. The standard InChI is InChI=1S/C20H18ClFN2O5S/c1-2-29-19(25)17-16(11-30(27,28)15-9-7-14(22)8-10-15)23-20(26)24-18(17)12-3-5-13(21)6-4-12/h3-10,18H,2,11H2,1H3,(H2,23,24,26)/t18-/m0/s1. The molecule has 2 aromatic rings. The van der Waals surface area contributed by atoms with Gasteiger partial charge in [0.15, 0.2) is 9.84 Å². The summed E-state index contributed by atoms with van der Waals surface area (Å²) in [7, 11) is -3.99. The molecule has 10 heteroatoms. The summed E-state index contributed by atoms with van der Waals surface area (Å²) in [6.07, 6.45) is 0. The molecule has 158 valence electrons. The van der Waals surface area contributed by atoms with Gasteiger partial charge in [0.25, 0.3) is 0 Å². The molecule has 2 aromatic carbocycles. The third-order valence-electron chi connectivity index (χ3n) is 4.36. The average Bonchev–Trinajstić information content (AvgIpc) is 2.68. The lowest BCUT2D eigenvalue weighted by Crippen LogP contribution is -2.47. The van der Waals surface area contributed by atoms with Crippen LogP contribution in [0.1, 0.15) is 18.5 Å². The van der Waals surface area contributed by atoms with Gasteiger partial charge in [-0.05, 0) is 48.9 Å². The number of amides is 2. The third kappa shape index (κ3) is 4.80. The van der Waals surface area contributed by atoms with Crippen LogP contribution in [0.2, 0.25) is 5.02 Å². The van der Waals surface area contributed by atoms with E-state index < -0.39 is 39.4 Å². The summed E-state index contributed by atoms with van der Waals surface area (Å²) in [6, 6.07) is 9.07. The Balaban J connectivity index is 2.08. The van der Waals surface area contributed by atoms with Gasteiger partial charge in [0.1, 0.15) is 5.82 Å². The molecule has 1 heterocycles. The van der Waals surface area contributed by atoms with Crippen molar-refractivity contribution in [3.8, 4) is 0 Å². The van der Waals surface area contributed by atoms with E-state index in [1.165, 1.54) is 0 Å². The van der Waals surface area contributed by atoms with Crippen LogP contribution in [-0.4, -0.2) is 32.8 Å². The summed E-state index contributed by atoms with van der Waals surface area (Å²) >= 11 is 5.91. The Morgan fingerprint density at radius 1 is 1.13 bits per heavy atom. The Morgan fingerprint density at radius 2 is 1.77 bits per heavy atom. The fourth-order valence-electron chi connectivity index (χ4n) is 3.00. The molecule has 0 radical (unpaired) electrons. The fraction of sp³-hybridized carbons (Fsp3) is 0.200. The number of halogens is 2. The molecule has 3 rings (SSSR count). The number of ether oxygens (including phenoxy) is 1. The molecule has 0 saturated carbocycles. The highest BCUT2D eigenvalue weighted by Gasteiger charge is 2.35. The smallest absolute Gasteiger partial charge is 0.338 e. The monoisotopic (exact) mass is 452 g/mol. The van der Waals surface area contributed by atoms with Crippen molar-refractivity contribution in [2.24, 2.45) is 0 Å². The lowest BCUT2D eigenvalue weighted by atomic mass is 9.95. The van der Waals surface area contributed by atoms with Gasteiger partial charge in [-0.25, -0.2) is 22.4 Å². The van der Waals surface area contributed by atoms with E-state index in [4.69, 9.17) is 16.3 Å². The molecule has 30 heavy (non-hydrogen) atoms. The van der Waals surface area contributed by atoms with Crippen LogP contribution in [0.5, 0.6) is 0 Å². The summed E-state index contributed by atoms with van der Waals surface area (Å²) in [4.78, 5) is 24.8. The van der Waals surface area contributed by atoms with Gasteiger partial charge in [-0.15, -0.1) is 0 Å². The van der Waals surface area contributed by atoms with Gasteiger partial charge in [0.05, 0.1) is 28.9 Å². The van der Waals surface area contributed by atoms with E-state index in [1.54, 1.807) is 31.2 Å². The Bertz CT molecular complexity index is 1100. The Labute approximate surface area is 177 Å². The van der Waals surface area contributed by atoms with E-state index in [0.29, 0.717) is 10.6 Å². The zero-order chi connectivity index (χ0) is 21.9. The van der Waals surface area contributed by atoms with E-state index >= 15 is 0 Å². The molecule has 0 saturated heterocycles. The molecule has 0 bridgehead atoms. The van der Waals surface area contributed by atoms with Crippen molar-refractivity contribution >= 4 is 33.4 Å². The van der Waals surface area contributed by atoms with Crippen LogP contribution in [0.15, 0.2) is 64.7 Å². The van der Waals surface area contributed by atoms with Crippen molar-refractivity contribution in [1.82, 2.24) is 10.6 Å². The second-order valence-electron chi connectivity index (χ2n) is 6.41. The summed E-state index contributed by atoms with van der Waals surface area (Å²) in [5.74, 6) is -2.03. The number of esters is 1. The minimum atomic E-state index is -3.99. The van der Waals surface area contributed by atoms with E-state index in [0.717, 1.165) is 24.3 Å². The number of nitrogens with one attached hydrogen (secondary N) is 2. The topological polar surface area (TPSA) is 102 Å². The summed E-state index contributed by atoms with van der Waals surface area (Å²) in [5.41, 5.74) is 0.375. The second kappa shape index (κ2) is 8.85. The van der Waals surface area contributed by atoms with E-state index in [1.807, 2.05) is 0 Å². The number of benzene rings is 2. The van der Waals surface area contributed by atoms with Crippen LogP contribution in [0, 0.1) is 5.82 Å². The predicted octanol–water partition coefficient (Wildman–Crippen LogP) is 3.12. The van der Waals surface area contributed by atoms with Crippen LogP contribution in [0.4, 0.5) is 9.18 Å². The number of urea groups is 1. The molecule has 1 aliphatic heterocycles. The third-order valence-corrected chi connectivity index (χ3v) is 6.27. The fourth-order valence-corrected chi connectivity index (χ4v) is 4.45. The van der Waals surface area contributed by atoms with Gasteiger partial charge >= 0.3 is 12.0 Å². The Morgan fingerprint density at radius 3 is 2.37 bits per heavy atom. The normalized spacial score (nSPS) is 16.6. The number of rotatable bonds is 6. The number of carbonyl (C=O) groups is 2. The van der Waals surface area contributed by atoms with Crippen molar-refractivity contribution in [3.05, 3.63) is 76.2 Å². The Hall–Kier alpha value is -2.91. The van der Waals surface area contributed by atoms with Gasteiger partial charge in [0, 0.05) is 10.7 Å². The second-order valence-corrected chi connectivity index (χ2v) is 8.83. The predicted molar refractivity (Wildman–Crippen MR) is 108 cm³/mol. The molecular formula is C20H18ClFN2O5S. The summed E-state index contributed by atoms with van der Waals surface area (Å²) in [5, 5.41) is 5.47. The zero-order valence-corrected chi connectivity index (χ0v) is 17.4. The molecule has 0 fully saturated rings. The quantitative estimate of drug-likeness (QED) is 0.518. The van der Waals surface area contributed by atoms with Crippen LogP contribution in [0.3, 0.4) is 0 Å². The first kappa shape index (κ1) is 21.8. The van der Waals surface area contributed by atoms with E-state index in [2.05, 4.69) is 10.6 Å². The maximum absolute atomic E-state index is 13.2. The number of hydrogen-bond donors (Lipinski definition) is 2. The van der Waals surface area contributed by atoms with Crippen LogP contribution in [0.25, 0.3) is 0 Å². The van der Waals surface area contributed by atoms with Crippen molar-refractivity contribution in [2.45, 2.75) is 17.9 Å². The first-order valence-corrected chi connectivity index (χ1v) is 11.0. The van der Waals surface area contributed by atoms with Crippen molar-refractivity contribution in [1.29, 1.82) is 0 Å². The molecule has 7 nitrogen and oxygen atoms in total. The molecule has 1 aliphatic rings. The van der Waals surface area contributed by atoms with Crippen LogP contribution >= 0.6 is 11.6 Å². The first-order valence-electron chi connectivity index (χ1n) is 8.92. The van der Waals surface area contributed by atoms with E-state index in [9.17, 15) is 22.4 Å². The zero-order valence-electron chi connectivity index (χ0n) is 15.8. The highest BCUT2D eigenvalue weighted by Crippen LogP contribution is 2.30. The van der Waals surface area contributed by atoms with Gasteiger partial charge in [0.2, 0.25) is 0 Å². The van der Waals surface area contributed by atoms with Crippen molar-refractivity contribution in [2.75, 3.05) is 12.4 Å². The molecule has 0 aromatic heterocycles. The number of carbonyl (C=O) groups excluding carboxylic acids is 2. The largest absolute Gasteiger partial charge is 0.463 e. The maximum atomic E-state index is 13.2. The van der Waals surface area contributed by atoms with Gasteiger partial charge in [-0.3, -0.25) is 0 Å². The van der Waals surface area contributed by atoms with Gasteiger partial charge in [-0.1, -0.05) is 23.7 Å².